The maximum absolute atomic E-state index is 13.0. The molecule has 0 saturated carbocycles. The number of alkyl halides is 3. The standard InChI is InChI=1S/C23H14BrF3N2O/c24-17-9-11-18(12-10-17)29-22-19(6-1-2-7-21(22)30)20(28-29)13-8-15-4-3-5-16(14-15)23(25,26)27/h1-14H. The van der Waals surface area contributed by atoms with Crippen molar-refractivity contribution in [2.45, 2.75) is 6.18 Å². The van der Waals surface area contributed by atoms with Crippen molar-refractivity contribution in [1.82, 2.24) is 9.78 Å². The van der Waals surface area contributed by atoms with Crippen LogP contribution in [0.2, 0.25) is 0 Å². The average molecular weight is 471 g/mol. The molecule has 0 unspecified atom stereocenters. The number of halogens is 4. The van der Waals surface area contributed by atoms with E-state index in [1.807, 2.05) is 24.3 Å². The summed E-state index contributed by atoms with van der Waals surface area (Å²) in [5, 5.41) is 5.16. The molecule has 1 aromatic heterocycles. The zero-order valence-corrected chi connectivity index (χ0v) is 17.0. The Morgan fingerprint density at radius 3 is 2.37 bits per heavy atom. The van der Waals surface area contributed by atoms with E-state index in [-0.39, 0.29) is 5.43 Å². The first-order chi connectivity index (χ1) is 14.3. The predicted molar refractivity (Wildman–Crippen MR) is 115 cm³/mol. The highest BCUT2D eigenvalue weighted by Crippen LogP contribution is 2.30. The topological polar surface area (TPSA) is 34.9 Å². The maximum Gasteiger partial charge on any atom is 0.416 e. The molecule has 0 aliphatic heterocycles. The highest BCUT2D eigenvalue weighted by molar-refractivity contribution is 9.10. The van der Waals surface area contributed by atoms with E-state index in [1.54, 1.807) is 41.1 Å². The van der Waals surface area contributed by atoms with Crippen LogP contribution in [0.5, 0.6) is 0 Å². The maximum atomic E-state index is 13.0. The molecular weight excluding hydrogens is 457 g/mol. The van der Waals surface area contributed by atoms with Crippen molar-refractivity contribution in [1.29, 1.82) is 0 Å². The summed E-state index contributed by atoms with van der Waals surface area (Å²) in [6, 6.07) is 19.0. The number of hydrogen-bond donors (Lipinski definition) is 0. The van der Waals surface area contributed by atoms with Crippen molar-refractivity contribution >= 4 is 39.0 Å². The smallest absolute Gasteiger partial charge is 0.288 e. The quantitative estimate of drug-likeness (QED) is 0.350. The lowest BCUT2D eigenvalue weighted by atomic mass is 10.1. The van der Waals surface area contributed by atoms with E-state index in [0.29, 0.717) is 27.8 Å². The van der Waals surface area contributed by atoms with Gasteiger partial charge in [0.05, 0.1) is 16.9 Å². The molecule has 0 aliphatic carbocycles. The van der Waals surface area contributed by atoms with Crippen LogP contribution in [0.15, 0.2) is 82.1 Å². The lowest BCUT2D eigenvalue weighted by Gasteiger charge is -2.06. The summed E-state index contributed by atoms with van der Waals surface area (Å²) in [7, 11) is 0. The normalized spacial score (nSPS) is 12.0. The monoisotopic (exact) mass is 470 g/mol. The Balaban J connectivity index is 1.85. The Morgan fingerprint density at radius 1 is 0.900 bits per heavy atom. The number of nitrogens with zero attached hydrogens (tertiary/aromatic N) is 2. The molecule has 30 heavy (non-hydrogen) atoms. The molecule has 4 rings (SSSR count). The molecule has 0 saturated heterocycles. The fraction of sp³-hybridized carbons (Fsp3) is 0.0435. The average Bonchev–Trinajstić information content (AvgIpc) is 2.97. The second-order valence-corrected chi connectivity index (χ2v) is 7.49. The van der Waals surface area contributed by atoms with E-state index in [0.717, 1.165) is 16.6 Å². The van der Waals surface area contributed by atoms with E-state index < -0.39 is 11.7 Å². The highest BCUT2D eigenvalue weighted by atomic mass is 79.9. The molecule has 0 aliphatic rings. The Hall–Kier alpha value is -3.19. The van der Waals surface area contributed by atoms with Crippen molar-refractivity contribution in [3.63, 3.8) is 0 Å². The minimum atomic E-state index is -4.41. The molecule has 4 aromatic rings. The van der Waals surface area contributed by atoms with Crippen molar-refractivity contribution in [2.75, 3.05) is 0 Å². The Bertz CT molecular complexity index is 1310. The van der Waals surface area contributed by atoms with E-state index in [9.17, 15) is 18.0 Å². The molecule has 0 spiro atoms. The molecule has 0 radical (unpaired) electrons. The zero-order chi connectivity index (χ0) is 21.3. The van der Waals surface area contributed by atoms with Gasteiger partial charge in [-0.05, 0) is 54.1 Å². The fourth-order valence-corrected chi connectivity index (χ4v) is 3.37. The molecule has 7 heteroatoms. The van der Waals surface area contributed by atoms with Gasteiger partial charge in [0.2, 0.25) is 5.43 Å². The summed E-state index contributed by atoms with van der Waals surface area (Å²) in [6.45, 7) is 0. The SMILES string of the molecule is O=c1ccccc2c(C=Cc3cccc(C(F)(F)F)c3)nn(-c3ccc(Br)cc3)c12. The fourth-order valence-electron chi connectivity index (χ4n) is 3.11. The van der Waals surface area contributed by atoms with Gasteiger partial charge < -0.3 is 0 Å². The van der Waals surface area contributed by atoms with Gasteiger partial charge in [-0.1, -0.05) is 52.3 Å². The van der Waals surface area contributed by atoms with Crippen LogP contribution >= 0.6 is 15.9 Å². The van der Waals surface area contributed by atoms with Gasteiger partial charge in [0.25, 0.3) is 0 Å². The van der Waals surface area contributed by atoms with Gasteiger partial charge in [0.1, 0.15) is 5.52 Å². The lowest BCUT2D eigenvalue weighted by Crippen LogP contribution is -2.04. The molecule has 0 bridgehead atoms. The molecule has 0 fully saturated rings. The van der Waals surface area contributed by atoms with Crippen molar-refractivity contribution in [2.24, 2.45) is 0 Å². The number of benzene rings is 2. The van der Waals surface area contributed by atoms with Crippen LogP contribution in [0.3, 0.4) is 0 Å². The first-order valence-electron chi connectivity index (χ1n) is 8.96. The van der Waals surface area contributed by atoms with Gasteiger partial charge in [0, 0.05) is 9.86 Å². The molecule has 1 heterocycles. The first-order valence-corrected chi connectivity index (χ1v) is 9.75. The minimum absolute atomic E-state index is 0.205. The largest absolute Gasteiger partial charge is 0.416 e. The summed E-state index contributed by atoms with van der Waals surface area (Å²) < 4.78 is 41.3. The Kier molecular flexibility index (Phi) is 5.30. The van der Waals surface area contributed by atoms with Crippen LogP contribution in [0.4, 0.5) is 13.2 Å². The molecule has 0 amide bonds. The van der Waals surface area contributed by atoms with E-state index in [1.165, 1.54) is 12.1 Å². The number of hydrogen-bond acceptors (Lipinski definition) is 2. The second kappa shape index (κ2) is 7.91. The second-order valence-electron chi connectivity index (χ2n) is 6.57. The lowest BCUT2D eigenvalue weighted by molar-refractivity contribution is -0.137. The van der Waals surface area contributed by atoms with Gasteiger partial charge in [-0.3, -0.25) is 4.79 Å². The van der Waals surface area contributed by atoms with Gasteiger partial charge >= 0.3 is 6.18 Å². The minimum Gasteiger partial charge on any atom is -0.288 e. The zero-order valence-electron chi connectivity index (χ0n) is 15.4. The third-order valence-corrected chi connectivity index (χ3v) is 5.05. The molecular formula is C23H14BrF3N2O. The highest BCUT2D eigenvalue weighted by Gasteiger charge is 2.30. The van der Waals surface area contributed by atoms with Crippen LogP contribution in [0.1, 0.15) is 16.8 Å². The molecule has 3 nitrogen and oxygen atoms in total. The number of rotatable bonds is 3. The summed E-state index contributed by atoms with van der Waals surface area (Å²) >= 11 is 3.38. The Morgan fingerprint density at radius 2 is 1.63 bits per heavy atom. The summed E-state index contributed by atoms with van der Waals surface area (Å²) in [5.41, 5.74) is 1.04. The van der Waals surface area contributed by atoms with Crippen molar-refractivity contribution in [3.8, 4) is 5.69 Å². The van der Waals surface area contributed by atoms with Crippen LogP contribution < -0.4 is 5.43 Å². The van der Waals surface area contributed by atoms with Crippen LogP contribution in [-0.2, 0) is 6.18 Å². The third kappa shape index (κ3) is 4.07. The first kappa shape index (κ1) is 20.1. The molecule has 0 atom stereocenters. The summed E-state index contributed by atoms with van der Waals surface area (Å²) in [5.74, 6) is 0. The van der Waals surface area contributed by atoms with Crippen LogP contribution in [-0.4, -0.2) is 9.78 Å². The third-order valence-electron chi connectivity index (χ3n) is 4.52. The van der Waals surface area contributed by atoms with Crippen molar-refractivity contribution < 1.29 is 13.2 Å². The molecule has 3 aromatic carbocycles. The Labute approximate surface area is 178 Å². The number of fused-ring (bicyclic) bond motifs is 1. The summed E-state index contributed by atoms with van der Waals surface area (Å²) in [4.78, 5) is 12.7. The number of aromatic nitrogens is 2. The molecule has 150 valence electrons. The summed E-state index contributed by atoms with van der Waals surface area (Å²) in [6.07, 6.45) is -1.24. The van der Waals surface area contributed by atoms with Crippen LogP contribution in [0, 0.1) is 0 Å². The van der Waals surface area contributed by atoms with Gasteiger partial charge in [-0.25, -0.2) is 4.68 Å². The van der Waals surface area contributed by atoms with Gasteiger partial charge in [-0.15, -0.1) is 0 Å². The van der Waals surface area contributed by atoms with E-state index in [2.05, 4.69) is 21.0 Å². The predicted octanol–water partition coefficient (Wildman–Crippen LogP) is 6.34. The van der Waals surface area contributed by atoms with E-state index >= 15 is 0 Å². The van der Waals surface area contributed by atoms with Gasteiger partial charge in [0.15, 0.2) is 0 Å². The van der Waals surface area contributed by atoms with Crippen molar-refractivity contribution in [3.05, 3.63) is 104 Å². The van der Waals surface area contributed by atoms with Crippen LogP contribution in [0.25, 0.3) is 28.7 Å². The van der Waals surface area contributed by atoms with E-state index in [4.69, 9.17) is 0 Å². The molecule has 0 N–H and O–H groups in total. The van der Waals surface area contributed by atoms with Gasteiger partial charge in [-0.2, -0.15) is 18.3 Å².